The molecular formula is C28H27N3O6S. The molecule has 3 heterocycles. The smallest absolute Gasteiger partial charge is 0.339 e. The summed E-state index contributed by atoms with van der Waals surface area (Å²) in [6.45, 7) is 5.92. The van der Waals surface area contributed by atoms with Gasteiger partial charge in [0, 0.05) is 22.3 Å². The quantitative estimate of drug-likeness (QED) is 0.347. The van der Waals surface area contributed by atoms with Gasteiger partial charge in [-0.05, 0) is 81.9 Å². The summed E-state index contributed by atoms with van der Waals surface area (Å²) in [5, 5.41) is 12.9. The number of aromatic nitrogens is 1. The lowest BCUT2D eigenvalue weighted by atomic mass is 9.95. The largest absolute Gasteiger partial charge is 0.494 e. The van der Waals surface area contributed by atoms with Crippen LogP contribution in [0.25, 0.3) is 11.1 Å². The fourth-order valence-corrected chi connectivity index (χ4v) is 6.59. The second kappa shape index (κ2) is 9.94. The number of hydrogen-bond acceptors (Lipinski definition) is 6. The summed E-state index contributed by atoms with van der Waals surface area (Å²) in [7, 11) is 0. The highest BCUT2D eigenvalue weighted by atomic mass is 32.1. The van der Waals surface area contributed by atoms with Crippen molar-refractivity contribution in [3.05, 3.63) is 68.9 Å². The Morgan fingerprint density at radius 3 is 2.66 bits per heavy atom. The van der Waals surface area contributed by atoms with Crippen molar-refractivity contribution in [3.63, 3.8) is 0 Å². The number of urea groups is 1. The second-order valence-corrected chi connectivity index (χ2v) is 10.3. The molecule has 1 aliphatic carbocycles. The number of hydrogen-bond donors (Lipinski definition) is 2. The number of aromatic carboxylic acids is 1. The van der Waals surface area contributed by atoms with Crippen LogP contribution in [0.4, 0.5) is 10.5 Å². The predicted molar refractivity (Wildman–Crippen MR) is 143 cm³/mol. The fraction of sp³-hybridized carbons (Fsp3) is 0.286. The lowest BCUT2D eigenvalue weighted by molar-refractivity contribution is -0.122. The summed E-state index contributed by atoms with van der Waals surface area (Å²) in [6, 6.07) is 7.49. The van der Waals surface area contributed by atoms with Crippen molar-refractivity contribution in [3.8, 4) is 10.8 Å². The van der Waals surface area contributed by atoms with Gasteiger partial charge < -0.3 is 14.4 Å². The maximum absolute atomic E-state index is 13.4. The van der Waals surface area contributed by atoms with E-state index in [1.807, 2.05) is 31.4 Å². The summed E-state index contributed by atoms with van der Waals surface area (Å²) in [5.41, 5.74) is 3.36. The zero-order valence-electron chi connectivity index (χ0n) is 21.3. The van der Waals surface area contributed by atoms with Gasteiger partial charge >= 0.3 is 12.0 Å². The van der Waals surface area contributed by atoms with Crippen LogP contribution >= 0.6 is 11.3 Å². The molecule has 0 unspecified atom stereocenters. The first-order chi connectivity index (χ1) is 18.2. The molecule has 1 aromatic carbocycles. The number of thiophene rings is 1. The van der Waals surface area contributed by atoms with Gasteiger partial charge in [-0.25, -0.2) is 14.5 Å². The molecule has 2 aliphatic rings. The predicted octanol–water partition coefficient (Wildman–Crippen LogP) is 4.80. The number of carbonyl (C=O) groups excluding carboxylic acids is 3. The van der Waals surface area contributed by atoms with Crippen molar-refractivity contribution in [2.45, 2.75) is 46.5 Å². The Labute approximate surface area is 223 Å². The van der Waals surface area contributed by atoms with Gasteiger partial charge in [0.1, 0.15) is 16.3 Å². The highest BCUT2D eigenvalue weighted by molar-refractivity contribution is 7.15. The first kappa shape index (κ1) is 25.5. The Hall–Kier alpha value is -4.18. The SMILES string of the molecule is CCOc1cccc(N2C(=O)NC(=O)/C(=C\c3cc(C)n(-c4sc5c(c4C(=O)O)CCCC5)c3C)C2=O)c1. The molecule has 2 aromatic heterocycles. The van der Waals surface area contributed by atoms with E-state index < -0.39 is 23.8 Å². The van der Waals surface area contributed by atoms with E-state index in [9.17, 15) is 24.3 Å². The van der Waals surface area contributed by atoms with Crippen molar-refractivity contribution in [2.75, 3.05) is 11.5 Å². The van der Waals surface area contributed by atoms with Gasteiger partial charge in [-0.2, -0.15) is 0 Å². The number of amides is 4. The number of barbiturate groups is 1. The third-order valence-electron chi connectivity index (χ3n) is 6.83. The normalized spacial score (nSPS) is 16.6. The lowest BCUT2D eigenvalue weighted by Gasteiger charge is -2.26. The summed E-state index contributed by atoms with van der Waals surface area (Å²) in [4.78, 5) is 53.1. The van der Waals surface area contributed by atoms with Crippen molar-refractivity contribution in [2.24, 2.45) is 0 Å². The van der Waals surface area contributed by atoms with Gasteiger partial charge in [0.05, 0.1) is 17.9 Å². The first-order valence-electron chi connectivity index (χ1n) is 12.4. The van der Waals surface area contributed by atoms with Crippen LogP contribution in [-0.4, -0.2) is 40.1 Å². The van der Waals surface area contributed by atoms with Crippen LogP contribution in [0.3, 0.4) is 0 Å². The number of nitrogens with one attached hydrogen (secondary N) is 1. The minimum Gasteiger partial charge on any atom is -0.494 e. The number of carboxylic acid groups (broad SMARTS) is 1. The van der Waals surface area contributed by atoms with Crippen molar-refractivity contribution in [1.82, 2.24) is 9.88 Å². The first-order valence-corrected chi connectivity index (χ1v) is 13.2. The van der Waals surface area contributed by atoms with Crippen LogP contribution in [0.2, 0.25) is 0 Å². The Morgan fingerprint density at radius 2 is 1.92 bits per heavy atom. The summed E-state index contributed by atoms with van der Waals surface area (Å²) < 4.78 is 7.36. The third-order valence-corrected chi connectivity index (χ3v) is 8.11. The van der Waals surface area contributed by atoms with Gasteiger partial charge in [0.15, 0.2) is 0 Å². The molecule has 0 atom stereocenters. The number of carboxylic acids is 1. The van der Waals surface area contributed by atoms with E-state index in [1.165, 1.54) is 17.4 Å². The molecule has 1 fully saturated rings. The minimum atomic E-state index is -0.961. The van der Waals surface area contributed by atoms with Gasteiger partial charge in [0.2, 0.25) is 0 Å². The monoisotopic (exact) mass is 533 g/mol. The molecule has 38 heavy (non-hydrogen) atoms. The van der Waals surface area contributed by atoms with Crippen molar-refractivity contribution < 1.29 is 29.0 Å². The van der Waals surface area contributed by atoms with E-state index in [-0.39, 0.29) is 11.3 Å². The number of anilines is 1. The van der Waals surface area contributed by atoms with E-state index in [1.54, 1.807) is 24.3 Å². The Morgan fingerprint density at radius 1 is 1.16 bits per heavy atom. The summed E-state index contributed by atoms with van der Waals surface area (Å²) in [6.07, 6.45) is 5.06. The number of carbonyl (C=O) groups is 4. The second-order valence-electron chi connectivity index (χ2n) is 9.25. The summed E-state index contributed by atoms with van der Waals surface area (Å²) >= 11 is 1.49. The fourth-order valence-electron chi connectivity index (χ4n) is 5.10. The summed E-state index contributed by atoms with van der Waals surface area (Å²) in [5.74, 6) is -2.02. The molecule has 0 radical (unpaired) electrons. The molecular weight excluding hydrogens is 506 g/mol. The van der Waals surface area contributed by atoms with Gasteiger partial charge in [-0.1, -0.05) is 6.07 Å². The average Bonchev–Trinajstić information content (AvgIpc) is 3.38. The number of ether oxygens (including phenoxy) is 1. The molecule has 4 amide bonds. The maximum Gasteiger partial charge on any atom is 0.339 e. The zero-order valence-corrected chi connectivity index (χ0v) is 22.1. The molecule has 196 valence electrons. The topological polar surface area (TPSA) is 118 Å². The Bertz CT molecular complexity index is 1530. The average molecular weight is 534 g/mol. The van der Waals surface area contributed by atoms with Crippen LogP contribution in [0.15, 0.2) is 35.9 Å². The van der Waals surface area contributed by atoms with Crippen LogP contribution in [0, 0.1) is 13.8 Å². The highest BCUT2D eigenvalue weighted by Gasteiger charge is 2.37. The number of imide groups is 2. The van der Waals surface area contributed by atoms with Crippen LogP contribution in [-0.2, 0) is 22.4 Å². The third kappa shape index (κ3) is 4.30. The van der Waals surface area contributed by atoms with Gasteiger partial charge in [0.25, 0.3) is 11.8 Å². The number of benzene rings is 1. The number of nitrogens with zero attached hydrogens (tertiary/aromatic N) is 2. The molecule has 9 nitrogen and oxygen atoms in total. The molecule has 1 aliphatic heterocycles. The standard InChI is InChI=1S/C28H27N3O6S/c1-4-37-19-9-7-8-18(14-19)31-25(33)21(24(32)29-28(31)36)13-17-12-15(2)30(16(17)3)26-23(27(34)35)20-10-5-6-11-22(20)38-26/h7-9,12-14H,4-6,10-11H2,1-3H3,(H,34,35)(H,29,32,36)/b21-13+. The molecule has 2 N–H and O–H groups in total. The number of fused-ring (bicyclic) bond motifs is 1. The van der Waals surface area contributed by atoms with Crippen molar-refractivity contribution >= 4 is 46.9 Å². The molecule has 0 saturated carbocycles. The van der Waals surface area contributed by atoms with E-state index in [0.29, 0.717) is 34.2 Å². The van der Waals surface area contributed by atoms with Gasteiger partial charge in [-0.3, -0.25) is 14.9 Å². The van der Waals surface area contributed by atoms with Crippen LogP contribution < -0.4 is 15.0 Å². The molecule has 0 spiro atoms. The van der Waals surface area contributed by atoms with Crippen LogP contribution in [0.5, 0.6) is 5.75 Å². The van der Waals surface area contributed by atoms with E-state index >= 15 is 0 Å². The Balaban J connectivity index is 1.56. The highest BCUT2D eigenvalue weighted by Crippen LogP contribution is 2.39. The van der Waals surface area contributed by atoms with E-state index in [2.05, 4.69) is 5.32 Å². The Kier molecular flexibility index (Phi) is 6.66. The van der Waals surface area contributed by atoms with Crippen molar-refractivity contribution in [1.29, 1.82) is 0 Å². The lowest BCUT2D eigenvalue weighted by Crippen LogP contribution is -2.54. The molecule has 0 bridgehead atoms. The molecule has 3 aromatic rings. The number of aryl methyl sites for hydroxylation is 2. The molecule has 1 saturated heterocycles. The van der Waals surface area contributed by atoms with E-state index in [0.717, 1.165) is 46.7 Å². The minimum absolute atomic E-state index is 0.199. The van der Waals surface area contributed by atoms with Gasteiger partial charge in [-0.15, -0.1) is 11.3 Å². The number of rotatable bonds is 6. The van der Waals surface area contributed by atoms with E-state index in [4.69, 9.17) is 4.74 Å². The molecule has 5 rings (SSSR count). The zero-order chi connectivity index (χ0) is 27.1. The maximum atomic E-state index is 13.4. The molecule has 10 heteroatoms. The van der Waals surface area contributed by atoms with Crippen LogP contribution in [0.1, 0.15) is 57.5 Å².